The first kappa shape index (κ1) is 14.5. The molecule has 0 radical (unpaired) electrons. The average molecular weight is 436 g/mol. The Morgan fingerprint density at radius 2 is 2.06 bits per heavy atom. The van der Waals surface area contributed by atoms with Crippen LogP contribution in [0.25, 0.3) is 0 Å². The molecule has 0 saturated heterocycles. The second kappa shape index (κ2) is 7.03. The number of hydrogen-bond acceptors (Lipinski definition) is 2. The number of benzene rings is 1. The fourth-order valence-electron chi connectivity index (χ4n) is 1.91. The fraction of sp³-hybridized carbons (Fsp3) is 0.286. The molecule has 0 aliphatic heterocycles. The van der Waals surface area contributed by atoms with Crippen molar-refractivity contribution in [2.75, 3.05) is 6.54 Å². The van der Waals surface area contributed by atoms with E-state index in [2.05, 4.69) is 86.5 Å². The summed E-state index contributed by atoms with van der Waals surface area (Å²) in [6.45, 7) is 3.15. The lowest BCUT2D eigenvalue weighted by molar-refractivity contribution is 0.553. The maximum atomic E-state index is 3.57. The third-order valence-corrected chi connectivity index (χ3v) is 5.19. The molecule has 0 saturated carbocycles. The predicted octanol–water partition coefficient (Wildman–Crippen LogP) is 5.01. The minimum atomic E-state index is 0.401. The third kappa shape index (κ3) is 4.05. The quantitative estimate of drug-likeness (QED) is 0.651. The molecule has 1 unspecified atom stereocenters. The van der Waals surface area contributed by atoms with Gasteiger partial charge in [0.05, 0.1) is 0 Å². The van der Waals surface area contributed by atoms with Gasteiger partial charge in [0.15, 0.2) is 0 Å². The smallest absolute Gasteiger partial charge is 0.0368 e. The molecule has 1 heterocycles. The number of nitrogens with one attached hydrogen (secondary N) is 1. The van der Waals surface area contributed by atoms with Gasteiger partial charge in [-0.2, -0.15) is 0 Å². The highest BCUT2D eigenvalue weighted by atomic mass is 127. The van der Waals surface area contributed by atoms with E-state index >= 15 is 0 Å². The fourth-order valence-corrected chi connectivity index (χ4v) is 3.77. The second-order valence-electron chi connectivity index (χ2n) is 4.10. The maximum Gasteiger partial charge on any atom is 0.0368 e. The number of thiophene rings is 1. The molecule has 2 rings (SSSR count). The zero-order chi connectivity index (χ0) is 13.0. The van der Waals surface area contributed by atoms with E-state index < -0.39 is 0 Å². The van der Waals surface area contributed by atoms with Crippen molar-refractivity contribution < 1.29 is 0 Å². The molecule has 0 aliphatic rings. The van der Waals surface area contributed by atoms with Crippen LogP contribution in [0, 0.1) is 3.57 Å². The Bertz CT molecular complexity index is 495. The van der Waals surface area contributed by atoms with Gasteiger partial charge in [0, 0.05) is 30.8 Å². The van der Waals surface area contributed by atoms with Crippen LogP contribution in [0.15, 0.2) is 40.2 Å². The van der Waals surface area contributed by atoms with Gasteiger partial charge in [-0.15, -0.1) is 11.3 Å². The number of hydrogen-bond donors (Lipinski definition) is 1. The van der Waals surface area contributed by atoms with Crippen molar-refractivity contribution in [3.63, 3.8) is 0 Å². The van der Waals surface area contributed by atoms with Crippen molar-refractivity contribution in [1.82, 2.24) is 5.32 Å². The lowest BCUT2D eigenvalue weighted by Crippen LogP contribution is -2.22. The SMILES string of the molecule is CCNC(Cc1cc(Br)cs1)c1ccc(I)cc1. The van der Waals surface area contributed by atoms with Crippen molar-refractivity contribution in [1.29, 1.82) is 0 Å². The molecule has 1 aromatic carbocycles. The first-order valence-electron chi connectivity index (χ1n) is 5.90. The van der Waals surface area contributed by atoms with Gasteiger partial charge < -0.3 is 5.32 Å². The Labute approximate surface area is 134 Å². The van der Waals surface area contributed by atoms with Gasteiger partial charge in [0.2, 0.25) is 0 Å². The molecule has 96 valence electrons. The van der Waals surface area contributed by atoms with Crippen LogP contribution in [0.2, 0.25) is 0 Å². The van der Waals surface area contributed by atoms with Gasteiger partial charge >= 0.3 is 0 Å². The molecule has 0 amide bonds. The molecule has 0 spiro atoms. The number of likely N-dealkylation sites (N-methyl/N-ethyl adjacent to an activating group) is 1. The molecule has 1 aromatic heterocycles. The Kier molecular flexibility index (Phi) is 5.66. The molecular weight excluding hydrogens is 421 g/mol. The molecule has 1 atom stereocenters. The second-order valence-corrected chi connectivity index (χ2v) is 7.25. The maximum absolute atomic E-state index is 3.57. The molecule has 4 heteroatoms. The highest BCUT2D eigenvalue weighted by molar-refractivity contribution is 14.1. The molecule has 1 N–H and O–H groups in total. The van der Waals surface area contributed by atoms with Gasteiger partial charge in [-0.3, -0.25) is 0 Å². The summed E-state index contributed by atoms with van der Waals surface area (Å²) in [4.78, 5) is 1.41. The van der Waals surface area contributed by atoms with Crippen LogP contribution >= 0.6 is 49.9 Å². The number of halogens is 2. The van der Waals surface area contributed by atoms with Gasteiger partial charge in [0.25, 0.3) is 0 Å². The Balaban J connectivity index is 2.14. The van der Waals surface area contributed by atoms with Crippen LogP contribution in [0.5, 0.6) is 0 Å². The van der Waals surface area contributed by atoms with E-state index in [1.807, 2.05) is 11.3 Å². The highest BCUT2D eigenvalue weighted by Crippen LogP contribution is 2.26. The third-order valence-electron chi connectivity index (χ3n) is 2.75. The average Bonchev–Trinajstić information content (AvgIpc) is 2.75. The summed E-state index contributed by atoms with van der Waals surface area (Å²) in [5.41, 5.74) is 1.36. The summed E-state index contributed by atoms with van der Waals surface area (Å²) >= 11 is 7.67. The summed E-state index contributed by atoms with van der Waals surface area (Å²) in [5.74, 6) is 0. The topological polar surface area (TPSA) is 12.0 Å². The summed E-state index contributed by atoms with van der Waals surface area (Å²) in [6, 6.07) is 11.4. The van der Waals surface area contributed by atoms with Crippen LogP contribution in [0.1, 0.15) is 23.4 Å². The molecule has 2 aromatic rings. The summed E-state index contributed by atoms with van der Waals surface area (Å²) in [5, 5.41) is 5.71. The Morgan fingerprint density at radius 1 is 1.33 bits per heavy atom. The zero-order valence-corrected chi connectivity index (χ0v) is 14.7. The summed E-state index contributed by atoms with van der Waals surface area (Å²) in [6.07, 6.45) is 1.05. The van der Waals surface area contributed by atoms with Crippen molar-refractivity contribution in [3.05, 3.63) is 54.2 Å². The molecular formula is C14H15BrINS. The van der Waals surface area contributed by atoms with Gasteiger partial charge in [-0.25, -0.2) is 0 Å². The minimum Gasteiger partial charge on any atom is -0.310 e. The van der Waals surface area contributed by atoms with Crippen molar-refractivity contribution in [2.24, 2.45) is 0 Å². The molecule has 0 fully saturated rings. The first-order chi connectivity index (χ1) is 8.69. The van der Waals surface area contributed by atoms with E-state index in [-0.39, 0.29) is 0 Å². The Hall–Kier alpha value is 0.0900. The zero-order valence-electron chi connectivity index (χ0n) is 10.1. The van der Waals surface area contributed by atoms with Gasteiger partial charge in [-0.05, 0) is 68.8 Å². The van der Waals surface area contributed by atoms with Crippen LogP contribution in [0.4, 0.5) is 0 Å². The Morgan fingerprint density at radius 3 is 2.61 bits per heavy atom. The van der Waals surface area contributed by atoms with Crippen molar-refractivity contribution in [2.45, 2.75) is 19.4 Å². The van der Waals surface area contributed by atoms with E-state index in [0.717, 1.165) is 13.0 Å². The minimum absolute atomic E-state index is 0.401. The molecule has 18 heavy (non-hydrogen) atoms. The van der Waals surface area contributed by atoms with Crippen LogP contribution in [0.3, 0.4) is 0 Å². The van der Waals surface area contributed by atoms with E-state index in [4.69, 9.17) is 0 Å². The van der Waals surface area contributed by atoms with Crippen LogP contribution in [-0.2, 0) is 6.42 Å². The van der Waals surface area contributed by atoms with E-state index in [1.54, 1.807) is 0 Å². The van der Waals surface area contributed by atoms with Gasteiger partial charge in [-0.1, -0.05) is 19.1 Å². The lowest BCUT2D eigenvalue weighted by atomic mass is 10.0. The molecule has 1 nitrogen and oxygen atoms in total. The van der Waals surface area contributed by atoms with E-state index in [0.29, 0.717) is 6.04 Å². The lowest BCUT2D eigenvalue weighted by Gasteiger charge is -2.17. The van der Waals surface area contributed by atoms with Gasteiger partial charge in [0.1, 0.15) is 0 Å². The van der Waals surface area contributed by atoms with Crippen LogP contribution in [-0.4, -0.2) is 6.54 Å². The van der Waals surface area contributed by atoms with E-state index in [9.17, 15) is 0 Å². The standard InChI is InChI=1S/C14H15BrINS/c1-2-17-14(8-13-7-11(15)9-18-13)10-3-5-12(16)6-4-10/h3-7,9,14,17H,2,8H2,1H3. The highest BCUT2D eigenvalue weighted by Gasteiger charge is 2.12. The van der Waals surface area contributed by atoms with E-state index in [1.165, 1.54) is 18.5 Å². The van der Waals surface area contributed by atoms with Crippen molar-refractivity contribution in [3.8, 4) is 0 Å². The molecule has 0 bridgehead atoms. The molecule has 0 aliphatic carbocycles. The summed E-state index contributed by atoms with van der Waals surface area (Å²) < 4.78 is 2.46. The first-order valence-corrected chi connectivity index (χ1v) is 8.66. The monoisotopic (exact) mass is 435 g/mol. The largest absolute Gasteiger partial charge is 0.310 e. The van der Waals surface area contributed by atoms with Crippen LogP contribution < -0.4 is 5.32 Å². The van der Waals surface area contributed by atoms with Crippen molar-refractivity contribution >= 4 is 49.9 Å². The normalized spacial score (nSPS) is 12.6. The number of rotatable bonds is 5. The summed E-state index contributed by atoms with van der Waals surface area (Å²) in [7, 11) is 0. The predicted molar refractivity (Wildman–Crippen MR) is 91.3 cm³/mol.